The van der Waals surface area contributed by atoms with Gasteiger partial charge in [-0.2, -0.15) is 0 Å². The molecule has 414 valence electrons. The van der Waals surface area contributed by atoms with E-state index in [1.807, 2.05) is 64.0 Å². The lowest BCUT2D eigenvalue weighted by molar-refractivity contribution is -0.270. The van der Waals surface area contributed by atoms with Crippen molar-refractivity contribution in [3.05, 3.63) is 47.9 Å². The number of carbonyl (C=O) groups excluding carboxylic acids is 1. The van der Waals surface area contributed by atoms with Gasteiger partial charge in [0.05, 0.1) is 46.5 Å². The zero-order valence-corrected chi connectivity index (χ0v) is 46.2. The minimum absolute atomic E-state index is 0.0508. The number of nitrogen functional groups attached to an aromatic ring is 1. The number of ether oxygens (including phenoxy) is 6. The second kappa shape index (κ2) is 25.6. The van der Waals surface area contributed by atoms with Crippen molar-refractivity contribution in [2.24, 2.45) is 23.7 Å². The fourth-order valence-electron chi connectivity index (χ4n) is 11.7. The molecule has 19 atom stereocenters. The van der Waals surface area contributed by atoms with Crippen LogP contribution in [0, 0.1) is 36.0 Å². The molecule has 3 saturated heterocycles. The second-order valence-corrected chi connectivity index (χ2v) is 22.8. The Hall–Kier alpha value is -3.69. The summed E-state index contributed by atoms with van der Waals surface area (Å²) in [6.45, 7) is 14.9. The predicted octanol–water partition coefficient (Wildman–Crippen LogP) is 5.24. The predicted molar refractivity (Wildman–Crippen MR) is 279 cm³/mol. The Bertz CT molecular complexity index is 2290. The van der Waals surface area contributed by atoms with Crippen LogP contribution in [0.2, 0.25) is 0 Å². The van der Waals surface area contributed by atoms with E-state index in [0.29, 0.717) is 43.2 Å². The molecule has 6 rings (SSSR count). The highest BCUT2D eigenvalue weighted by Crippen LogP contribution is 2.45. The molecule has 18 nitrogen and oxygen atoms in total. The Balaban J connectivity index is 1.25. The lowest BCUT2D eigenvalue weighted by atomic mass is 9.68. The number of terminal acetylenes is 1. The van der Waals surface area contributed by atoms with Crippen LogP contribution in [0.4, 0.5) is 9.52 Å². The van der Waals surface area contributed by atoms with Crippen LogP contribution in [0.25, 0.3) is 10.4 Å². The fourth-order valence-corrected chi connectivity index (χ4v) is 12.4. The van der Waals surface area contributed by atoms with Gasteiger partial charge in [-0.15, -0.1) is 11.5 Å². The third kappa shape index (κ3) is 13.5. The minimum Gasteiger partial charge on any atom is -0.459 e. The molecule has 3 aliphatic rings. The number of benzene rings is 1. The zero-order valence-electron chi connectivity index (χ0n) is 45.4. The lowest BCUT2D eigenvalue weighted by Crippen LogP contribution is -2.61. The number of alkyl halides is 1. The number of esters is 1. The van der Waals surface area contributed by atoms with Crippen LogP contribution >= 0.6 is 11.3 Å². The zero-order chi connectivity index (χ0) is 54.4. The summed E-state index contributed by atoms with van der Waals surface area (Å²) in [5.74, 6) is -0.560. The first-order valence-corrected chi connectivity index (χ1v) is 27.0. The molecule has 0 bridgehead atoms. The number of aliphatic hydroxyl groups excluding tert-OH is 3. The quantitative estimate of drug-likeness (QED) is 0.0969. The van der Waals surface area contributed by atoms with E-state index in [1.165, 1.54) is 23.1 Å². The van der Waals surface area contributed by atoms with Crippen molar-refractivity contribution in [3.63, 3.8) is 0 Å². The van der Waals surface area contributed by atoms with Crippen LogP contribution in [-0.4, -0.2) is 183 Å². The molecule has 3 aliphatic heterocycles. The van der Waals surface area contributed by atoms with E-state index in [2.05, 4.69) is 26.1 Å². The SMILES string of the molecule is C#C[C@@]1(O)C[C@@H](C)CN(C)[C@H](C)[C@@H](O)[C@H](O)[C@@H](CC)OC(=O)[C@H](C)[C@@H](C2C[C@@](C)(OC)[C@@H](O)[C@H](C)O2)[C@H](C)[C@H]1O[C@H]1C[C@@H](N(C)CCc2cn([C@H](CF)[C@H](OC)c3ccc(-c4cnc(N)s4)cc3)nn2)C[C@@H](C)O1. The number of nitrogens with zero attached hydrogens (tertiary/aromatic N) is 6. The number of hydrogen-bond acceptors (Lipinski definition) is 18. The fraction of sp³-hybridized carbons (Fsp3) is 0.741. The summed E-state index contributed by atoms with van der Waals surface area (Å²) in [5, 5.41) is 56.5. The molecule has 0 amide bonds. The van der Waals surface area contributed by atoms with Gasteiger partial charge in [0.15, 0.2) is 17.0 Å². The maximum atomic E-state index is 14.9. The molecule has 3 aromatic rings. The molecule has 6 N–H and O–H groups in total. The number of rotatable bonds is 15. The average Bonchev–Trinajstić information content (AvgIpc) is 4.05. The first-order chi connectivity index (χ1) is 35.0. The summed E-state index contributed by atoms with van der Waals surface area (Å²) in [7, 11) is 6.92. The molecule has 0 radical (unpaired) electrons. The molecule has 1 aromatic carbocycles. The highest BCUT2D eigenvalue weighted by molar-refractivity contribution is 7.18. The Kier molecular flexibility index (Phi) is 20.6. The largest absolute Gasteiger partial charge is 0.459 e. The van der Waals surface area contributed by atoms with Crippen molar-refractivity contribution in [2.75, 3.05) is 53.8 Å². The number of nitrogens with two attached hydrogens (primary N) is 1. The highest BCUT2D eigenvalue weighted by Gasteiger charge is 2.54. The van der Waals surface area contributed by atoms with Gasteiger partial charge in [0.2, 0.25) is 0 Å². The Morgan fingerprint density at radius 1 is 1.07 bits per heavy atom. The van der Waals surface area contributed by atoms with E-state index in [1.54, 1.807) is 54.1 Å². The number of aliphatic hydroxyl groups is 4. The summed E-state index contributed by atoms with van der Waals surface area (Å²) < 4.78 is 54.6. The van der Waals surface area contributed by atoms with Crippen molar-refractivity contribution in [1.82, 2.24) is 29.8 Å². The third-order valence-electron chi connectivity index (χ3n) is 16.4. The Morgan fingerprint density at radius 2 is 1.77 bits per heavy atom. The van der Waals surface area contributed by atoms with Crippen LogP contribution in [-0.2, 0) is 39.6 Å². The Morgan fingerprint density at radius 3 is 2.38 bits per heavy atom. The number of thiazole rings is 1. The summed E-state index contributed by atoms with van der Waals surface area (Å²) in [6, 6.07) is 6.31. The highest BCUT2D eigenvalue weighted by atomic mass is 32.1. The van der Waals surface area contributed by atoms with Gasteiger partial charge in [-0.05, 0) is 84.0 Å². The molecule has 2 aromatic heterocycles. The van der Waals surface area contributed by atoms with Crippen LogP contribution in [0.3, 0.4) is 0 Å². The number of methoxy groups -OCH3 is 2. The van der Waals surface area contributed by atoms with Gasteiger partial charge in [0, 0.05) is 77.0 Å². The minimum atomic E-state index is -1.92. The molecular formula is C54H84FN7O11S. The number of halogens is 1. The maximum absolute atomic E-state index is 14.9. The average molecular weight is 1060 g/mol. The maximum Gasteiger partial charge on any atom is 0.309 e. The van der Waals surface area contributed by atoms with Crippen molar-refractivity contribution in [3.8, 4) is 22.8 Å². The topological polar surface area (TPSA) is 229 Å². The molecule has 0 aliphatic carbocycles. The van der Waals surface area contributed by atoms with Crippen molar-refractivity contribution in [2.45, 2.75) is 184 Å². The summed E-state index contributed by atoms with van der Waals surface area (Å²) in [4.78, 5) is 23.7. The third-order valence-corrected chi connectivity index (χ3v) is 17.2. The number of aromatic nitrogens is 4. The Labute approximate surface area is 441 Å². The molecule has 0 saturated carbocycles. The summed E-state index contributed by atoms with van der Waals surface area (Å²) >= 11 is 1.39. The van der Waals surface area contributed by atoms with Crippen molar-refractivity contribution in [1.29, 1.82) is 0 Å². The molecule has 74 heavy (non-hydrogen) atoms. The summed E-state index contributed by atoms with van der Waals surface area (Å²) in [6.07, 6.45) is 2.99. The smallest absolute Gasteiger partial charge is 0.309 e. The molecule has 5 heterocycles. The van der Waals surface area contributed by atoms with Crippen LogP contribution in [0.15, 0.2) is 36.7 Å². The standard InChI is InChI=1S/C54H84FN7O11S/c1-14-41-47(64)46(63)34(7)61(11)28-30(3)24-54(67,15-2)50(32(5)45(33(6)51(66)72-41)42-25-53(9,69-13)49(65)35(8)71-42)73-44-23-39(22-31(4)70-44)60(10)21-20-38-29-62(59-58-38)40(26-55)48(68-12)37-18-16-36(17-19-37)43-27-57-52(56)74-43/h2,16-19,27,29-35,39-42,44-50,63-65,67H,14,20-26,28H2,1,3-13H3,(H2,56,57)/t30-,31-,32+,33-,34-,35+,39+,40-,41-,42?,44+,45+,46-,47-,48-,49+,50-,53-,54-/m1/s1. The first-order valence-electron chi connectivity index (χ1n) is 26.2. The van der Waals surface area contributed by atoms with E-state index < -0.39 is 109 Å². The van der Waals surface area contributed by atoms with Crippen LogP contribution in [0.1, 0.15) is 111 Å². The van der Waals surface area contributed by atoms with Gasteiger partial charge >= 0.3 is 5.97 Å². The number of hydrogen-bond donors (Lipinski definition) is 5. The monoisotopic (exact) mass is 1060 g/mol. The van der Waals surface area contributed by atoms with Gasteiger partial charge in [0.1, 0.15) is 43.2 Å². The first kappa shape index (κ1) is 59.6. The van der Waals surface area contributed by atoms with Gasteiger partial charge in [-0.3, -0.25) is 4.79 Å². The molecule has 1 unspecified atom stereocenters. The van der Waals surface area contributed by atoms with Crippen molar-refractivity contribution < 1.29 is 58.0 Å². The summed E-state index contributed by atoms with van der Waals surface area (Å²) in [5.41, 5.74) is 5.27. The van der Waals surface area contributed by atoms with E-state index >= 15 is 0 Å². The number of carbonyl (C=O) groups is 1. The second-order valence-electron chi connectivity index (χ2n) is 21.7. The number of anilines is 1. The van der Waals surface area contributed by atoms with Crippen LogP contribution < -0.4 is 5.73 Å². The van der Waals surface area contributed by atoms with E-state index in [-0.39, 0.29) is 37.3 Å². The number of cyclic esters (lactones) is 1. The molecule has 20 heteroatoms. The molecule has 3 fully saturated rings. The van der Waals surface area contributed by atoms with Gasteiger partial charge < -0.3 is 64.4 Å². The lowest BCUT2D eigenvalue weighted by Gasteiger charge is -2.51. The van der Waals surface area contributed by atoms with E-state index in [0.717, 1.165) is 16.0 Å². The van der Waals surface area contributed by atoms with Gasteiger partial charge in [0.25, 0.3) is 0 Å². The molecule has 0 spiro atoms. The molecular weight excluding hydrogens is 974 g/mol. The van der Waals surface area contributed by atoms with Gasteiger partial charge in [-0.1, -0.05) is 74.4 Å². The van der Waals surface area contributed by atoms with Crippen LogP contribution in [0.5, 0.6) is 0 Å². The van der Waals surface area contributed by atoms with Crippen molar-refractivity contribution >= 4 is 22.4 Å². The number of likely N-dealkylation sites (N-methyl/N-ethyl adjacent to an activating group) is 2. The normalized spacial score (nSPS) is 37.1. The van der Waals surface area contributed by atoms with E-state index in [9.17, 15) is 29.6 Å². The van der Waals surface area contributed by atoms with E-state index in [4.69, 9.17) is 40.6 Å². The van der Waals surface area contributed by atoms with Gasteiger partial charge in [-0.25, -0.2) is 14.1 Å².